The van der Waals surface area contributed by atoms with Gasteiger partial charge in [0.15, 0.2) is 0 Å². The molecule has 1 heterocycles. The van der Waals surface area contributed by atoms with Gasteiger partial charge in [-0.2, -0.15) is 31.3 Å². The van der Waals surface area contributed by atoms with Crippen molar-refractivity contribution in [3.63, 3.8) is 0 Å². The standard InChI is InChI=1S/C22H22F6N4O2/c1-11-17(18(30-12(2)33)32-19(29-11)31-13(3)34)6-7-20(4,5)14-8-15(21(23,24)25)10-16(9-14)22(26,27)28/h6-10H,1-5H3,(H2,29,30,31,32,33,34)/b7-6+. The fraction of sp³-hybridized carbons (Fsp3) is 0.364. The van der Waals surface area contributed by atoms with E-state index in [1.807, 2.05) is 0 Å². The van der Waals surface area contributed by atoms with Gasteiger partial charge in [-0.1, -0.05) is 26.0 Å². The smallest absolute Gasteiger partial charge is 0.310 e. The molecular weight excluding hydrogens is 466 g/mol. The molecule has 0 aliphatic rings. The summed E-state index contributed by atoms with van der Waals surface area (Å²) in [6.45, 7) is 6.88. The second-order valence-corrected chi connectivity index (χ2v) is 8.11. The van der Waals surface area contributed by atoms with Crippen LogP contribution < -0.4 is 10.6 Å². The number of carbonyl (C=O) groups excluding carboxylic acids is 2. The highest BCUT2D eigenvalue weighted by Gasteiger charge is 2.38. The molecule has 2 aromatic rings. The lowest BCUT2D eigenvalue weighted by Gasteiger charge is -2.24. The zero-order valence-corrected chi connectivity index (χ0v) is 18.9. The molecule has 0 spiro atoms. The maximum absolute atomic E-state index is 13.3. The molecule has 34 heavy (non-hydrogen) atoms. The van der Waals surface area contributed by atoms with Crippen molar-refractivity contribution in [2.45, 2.75) is 52.4 Å². The number of amides is 2. The summed E-state index contributed by atoms with van der Waals surface area (Å²) >= 11 is 0. The van der Waals surface area contributed by atoms with Crippen molar-refractivity contribution < 1.29 is 35.9 Å². The quantitative estimate of drug-likeness (QED) is 0.527. The zero-order chi connectivity index (χ0) is 26.1. The largest absolute Gasteiger partial charge is 0.416 e. The molecule has 0 fully saturated rings. The van der Waals surface area contributed by atoms with E-state index >= 15 is 0 Å². The number of halogens is 6. The second-order valence-electron chi connectivity index (χ2n) is 8.11. The molecule has 0 unspecified atom stereocenters. The van der Waals surface area contributed by atoms with Gasteiger partial charge in [0.2, 0.25) is 17.8 Å². The first-order chi connectivity index (χ1) is 15.4. The van der Waals surface area contributed by atoms with Gasteiger partial charge in [0.1, 0.15) is 5.82 Å². The lowest BCUT2D eigenvalue weighted by Crippen LogP contribution is -2.19. The highest BCUT2D eigenvalue weighted by atomic mass is 19.4. The van der Waals surface area contributed by atoms with E-state index in [0.717, 1.165) is 0 Å². The second kappa shape index (κ2) is 9.43. The van der Waals surface area contributed by atoms with Crippen LogP contribution >= 0.6 is 0 Å². The summed E-state index contributed by atoms with van der Waals surface area (Å²) in [6.07, 6.45) is -7.17. The van der Waals surface area contributed by atoms with Crippen molar-refractivity contribution >= 4 is 29.7 Å². The summed E-state index contributed by atoms with van der Waals surface area (Å²) in [6, 6.07) is 1.39. The lowest BCUT2D eigenvalue weighted by atomic mass is 9.82. The van der Waals surface area contributed by atoms with Crippen LogP contribution in [0.4, 0.5) is 38.1 Å². The maximum Gasteiger partial charge on any atom is 0.416 e. The van der Waals surface area contributed by atoms with E-state index in [0.29, 0.717) is 17.8 Å². The topological polar surface area (TPSA) is 84.0 Å². The summed E-state index contributed by atoms with van der Waals surface area (Å²) in [4.78, 5) is 31.1. The average molecular weight is 488 g/mol. The summed E-state index contributed by atoms with van der Waals surface area (Å²) in [5.41, 5.74) is -3.79. The molecular formula is C22H22F6N4O2. The molecule has 2 amide bonds. The maximum atomic E-state index is 13.3. The van der Waals surface area contributed by atoms with Crippen molar-refractivity contribution in [2.75, 3.05) is 10.6 Å². The number of aromatic nitrogens is 2. The van der Waals surface area contributed by atoms with Gasteiger partial charge in [-0.15, -0.1) is 0 Å². The number of allylic oxidation sites excluding steroid dienone is 1. The van der Waals surface area contributed by atoms with Gasteiger partial charge in [-0.3, -0.25) is 14.9 Å². The van der Waals surface area contributed by atoms with Gasteiger partial charge in [-0.25, -0.2) is 4.98 Å². The third-order valence-electron chi connectivity index (χ3n) is 4.72. The fourth-order valence-electron chi connectivity index (χ4n) is 2.97. The fourth-order valence-corrected chi connectivity index (χ4v) is 2.97. The molecule has 0 radical (unpaired) electrons. The number of nitrogens with one attached hydrogen (secondary N) is 2. The first-order valence-corrected chi connectivity index (χ1v) is 9.83. The SMILES string of the molecule is CC(=O)Nc1nc(C)c(/C=C/C(C)(C)c2cc(C(F)(F)F)cc(C(F)(F)F)c2)c(NC(C)=O)n1. The van der Waals surface area contributed by atoms with Gasteiger partial charge < -0.3 is 5.32 Å². The van der Waals surface area contributed by atoms with Crippen LogP contribution in [0.3, 0.4) is 0 Å². The summed E-state index contributed by atoms with van der Waals surface area (Å²) in [5.74, 6) is -1.02. The van der Waals surface area contributed by atoms with Gasteiger partial charge in [0.05, 0.1) is 16.8 Å². The van der Waals surface area contributed by atoms with Gasteiger partial charge >= 0.3 is 12.4 Å². The Labute approximate surface area is 191 Å². The molecule has 0 bridgehead atoms. The number of nitrogens with zero attached hydrogens (tertiary/aromatic N) is 2. The van der Waals surface area contributed by atoms with Gasteiger partial charge in [0.25, 0.3) is 0 Å². The molecule has 0 aliphatic heterocycles. The number of anilines is 2. The van der Waals surface area contributed by atoms with Crippen LogP contribution in [0, 0.1) is 6.92 Å². The first kappa shape index (κ1) is 26.8. The third-order valence-corrected chi connectivity index (χ3v) is 4.72. The monoisotopic (exact) mass is 488 g/mol. The minimum atomic E-state index is -4.97. The van der Waals surface area contributed by atoms with Gasteiger partial charge in [0, 0.05) is 24.8 Å². The Hall–Kier alpha value is -3.44. The Morgan fingerprint density at radius 1 is 0.824 bits per heavy atom. The van der Waals surface area contributed by atoms with E-state index < -0.39 is 40.7 Å². The number of hydrogen-bond donors (Lipinski definition) is 2. The molecule has 2 N–H and O–H groups in total. The molecule has 0 aliphatic carbocycles. The van der Waals surface area contributed by atoms with Crippen LogP contribution in [-0.2, 0) is 27.4 Å². The van der Waals surface area contributed by atoms with E-state index in [1.165, 1.54) is 46.8 Å². The average Bonchev–Trinajstić information content (AvgIpc) is 2.64. The molecule has 6 nitrogen and oxygen atoms in total. The summed E-state index contributed by atoms with van der Waals surface area (Å²) < 4.78 is 79.6. The number of benzene rings is 1. The number of alkyl halides is 6. The van der Waals surface area contributed by atoms with E-state index in [9.17, 15) is 35.9 Å². The Morgan fingerprint density at radius 2 is 1.29 bits per heavy atom. The first-order valence-electron chi connectivity index (χ1n) is 9.83. The van der Waals surface area contributed by atoms with Crippen LogP contribution in [0.1, 0.15) is 55.6 Å². The Bertz CT molecular complexity index is 1110. The van der Waals surface area contributed by atoms with E-state index in [1.54, 1.807) is 0 Å². The van der Waals surface area contributed by atoms with Crippen molar-refractivity contribution in [2.24, 2.45) is 0 Å². The highest BCUT2D eigenvalue weighted by Crippen LogP contribution is 2.39. The van der Waals surface area contributed by atoms with E-state index in [-0.39, 0.29) is 29.0 Å². The van der Waals surface area contributed by atoms with Crippen LogP contribution in [0.5, 0.6) is 0 Å². The van der Waals surface area contributed by atoms with Crippen molar-refractivity contribution in [1.29, 1.82) is 0 Å². The minimum Gasteiger partial charge on any atom is -0.310 e. The number of rotatable bonds is 5. The predicted octanol–water partition coefficient (Wildman–Crippen LogP) is 5.73. The number of hydrogen-bond acceptors (Lipinski definition) is 4. The van der Waals surface area contributed by atoms with Crippen molar-refractivity contribution in [3.8, 4) is 0 Å². The van der Waals surface area contributed by atoms with Crippen molar-refractivity contribution in [3.05, 3.63) is 52.2 Å². The minimum absolute atomic E-state index is 0.0100. The number of aryl methyl sites for hydroxylation is 1. The van der Waals surface area contributed by atoms with Crippen molar-refractivity contribution in [1.82, 2.24) is 9.97 Å². The van der Waals surface area contributed by atoms with Crippen LogP contribution in [0.15, 0.2) is 24.3 Å². The molecule has 1 aromatic heterocycles. The Kier molecular flexibility index (Phi) is 7.44. The summed E-state index contributed by atoms with van der Waals surface area (Å²) in [5, 5.41) is 4.85. The molecule has 0 atom stereocenters. The highest BCUT2D eigenvalue weighted by molar-refractivity contribution is 5.91. The van der Waals surface area contributed by atoms with Crippen LogP contribution in [-0.4, -0.2) is 21.8 Å². The number of carbonyl (C=O) groups is 2. The van der Waals surface area contributed by atoms with Gasteiger partial charge in [-0.05, 0) is 30.7 Å². The van der Waals surface area contributed by atoms with E-state index in [2.05, 4.69) is 20.6 Å². The molecule has 2 rings (SSSR count). The predicted molar refractivity (Wildman–Crippen MR) is 114 cm³/mol. The zero-order valence-electron chi connectivity index (χ0n) is 18.9. The molecule has 12 heteroatoms. The third kappa shape index (κ3) is 6.78. The Balaban J connectivity index is 2.60. The molecule has 184 valence electrons. The van der Waals surface area contributed by atoms with Crippen LogP contribution in [0.2, 0.25) is 0 Å². The normalized spacial score (nSPS) is 12.7. The molecule has 0 saturated heterocycles. The Morgan fingerprint density at radius 3 is 1.74 bits per heavy atom. The van der Waals surface area contributed by atoms with E-state index in [4.69, 9.17) is 0 Å². The molecule has 1 aromatic carbocycles. The molecule has 0 saturated carbocycles. The summed E-state index contributed by atoms with van der Waals surface area (Å²) in [7, 11) is 0. The lowest BCUT2D eigenvalue weighted by molar-refractivity contribution is -0.143. The van der Waals surface area contributed by atoms with Crippen LogP contribution in [0.25, 0.3) is 6.08 Å².